The minimum Gasteiger partial charge on any atom is -0.484 e. The smallest absolute Gasteiger partial charge is 0.261 e. The summed E-state index contributed by atoms with van der Waals surface area (Å²) in [7, 11) is -3.65. The minimum atomic E-state index is -3.65. The van der Waals surface area contributed by atoms with Crippen molar-refractivity contribution in [1.29, 1.82) is 0 Å². The van der Waals surface area contributed by atoms with Crippen LogP contribution in [0.1, 0.15) is 31.4 Å². The van der Waals surface area contributed by atoms with Crippen molar-refractivity contribution in [3.8, 4) is 5.75 Å². The second-order valence-corrected chi connectivity index (χ2v) is 13.0. The van der Waals surface area contributed by atoms with Gasteiger partial charge in [0.2, 0.25) is 15.9 Å². The van der Waals surface area contributed by atoms with Crippen LogP contribution in [0.25, 0.3) is 0 Å². The molecular weight excluding hydrogens is 594 g/mol. The number of morpholine rings is 1. The van der Waals surface area contributed by atoms with Crippen LogP contribution in [-0.2, 0) is 42.1 Å². The first-order valence-electron chi connectivity index (χ1n) is 15.3. The molecule has 1 fully saturated rings. The molecule has 1 unspecified atom stereocenters. The van der Waals surface area contributed by atoms with Crippen LogP contribution in [0.5, 0.6) is 5.75 Å². The fraction of sp³-hybridized carbons (Fsp3) is 0.412. The lowest BCUT2D eigenvalue weighted by molar-refractivity contribution is -0.142. The molecule has 1 N–H and O–H groups in total. The van der Waals surface area contributed by atoms with Crippen molar-refractivity contribution >= 4 is 21.8 Å². The van der Waals surface area contributed by atoms with Crippen molar-refractivity contribution in [1.82, 2.24) is 14.5 Å². The zero-order chi connectivity index (χ0) is 32.1. The van der Waals surface area contributed by atoms with Gasteiger partial charge in [0.15, 0.2) is 6.61 Å². The molecule has 45 heavy (non-hydrogen) atoms. The Hall–Kier alpha value is -3.77. The van der Waals surface area contributed by atoms with Crippen LogP contribution in [0.4, 0.5) is 0 Å². The van der Waals surface area contributed by atoms with Crippen LogP contribution in [0.3, 0.4) is 0 Å². The Morgan fingerprint density at radius 2 is 1.53 bits per heavy atom. The van der Waals surface area contributed by atoms with E-state index < -0.39 is 16.1 Å². The number of rotatable bonds is 16. The summed E-state index contributed by atoms with van der Waals surface area (Å²) in [5.74, 6) is -0.286. The molecule has 1 aliphatic rings. The second-order valence-electron chi connectivity index (χ2n) is 11.1. The first-order chi connectivity index (χ1) is 21.7. The van der Waals surface area contributed by atoms with Crippen molar-refractivity contribution in [2.24, 2.45) is 0 Å². The molecule has 0 spiro atoms. The molecule has 0 saturated carbocycles. The Kier molecular flexibility index (Phi) is 12.9. The summed E-state index contributed by atoms with van der Waals surface area (Å²) in [5.41, 5.74) is 1.80. The van der Waals surface area contributed by atoms with Crippen LogP contribution in [0.2, 0.25) is 0 Å². The number of hydrogen-bond donors (Lipinski definition) is 1. The number of amides is 2. The molecular formula is C34H43N3O7S. The summed E-state index contributed by atoms with van der Waals surface area (Å²) < 4.78 is 44.1. The average molecular weight is 638 g/mol. The Morgan fingerprint density at radius 3 is 2.16 bits per heavy atom. The number of carbonyl (C=O) groups is 2. The second kappa shape index (κ2) is 17.1. The number of benzene rings is 3. The van der Waals surface area contributed by atoms with Gasteiger partial charge >= 0.3 is 0 Å². The number of sulfonamides is 1. The molecule has 1 atom stereocenters. The van der Waals surface area contributed by atoms with Crippen LogP contribution >= 0.6 is 0 Å². The van der Waals surface area contributed by atoms with Gasteiger partial charge in [0.1, 0.15) is 11.8 Å². The van der Waals surface area contributed by atoms with E-state index in [2.05, 4.69) is 5.32 Å². The number of nitrogens with one attached hydrogen (secondary N) is 1. The SMILES string of the molecule is CC(C)OCCCNC(=O)C(Cc1ccccc1)N(Cc1ccccc1)C(=O)COc1ccc(S(=O)(=O)N2CCOCC2)cc1. The summed E-state index contributed by atoms with van der Waals surface area (Å²) in [6.45, 7) is 6.07. The third-order valence-corrected chi connectivity index (χ3v) is 9.25. The van der Waals surface area contributed by atoms with E-state index in [4.69, 9.17) is 14.2 Å². The summed E-state index contributed by atoms with van der Waals surface area (Å²) in [4.78, 5) is 29.2. The van der Waals surface area contributed by atoms with Crippen LogP contribution < -0.4 is 10.1 Å². The summed E-state index contributed by atoms with van der Waals surface area (Å²) >= 11 is 0. The van der Waals surface area contributed by atoms with Crippen LogP contribution in [0.15, 0.2) is 89.8 Å². The summed E-state index contributed by atoms with van der Waals surface area (Å²) in [5, 5.41) is 3.00. The van der Waals surface area contributed by atoms with Crippen molar-refractivity contribution in [2.45, 2.75) is 50.3 Å². The van der Waals surface area contributed by atoms with E-state index in [1.807, 2.05) is 74.5 Å². The van der Waals surface area contributed by atoms with E-state index in [-0.39, 0.29) is 36.0 Å². The van der Waals surface area contributed by atoms with E-state index in [0.29, 0.717) is 58.0 Å². The monoisotopic (exact) mass is 637 g/mol. The third kappa shape index (κ3) is 10.4. The average Bonchev–Trinajstić information content (AvgIpc) is 3.06. The summed E-state index contributed by atoms with van der Waals surface area (Å²) in [6, 6.07) is 24.3. The maximum absolute atomic E-state index is 13.8. The van der Waals surface area contributed by atoms with Gasteiger partial charge in [-0.1, -0.05) is 60.7 Å². The summed E-state index contributed by atoms with van der Waals surface area (Å²) in [6.07, 6.45) is 1.08. The molecule has 3 aromatic rings. The molecule has 242 valence electrons. The highest BCUT2D eigenvalue weighted by molar-refractivity contribution is 7.89. The normalized spacial score (nSPS) is 14.6. The van der Waals surface area contributed by atoms with Crippen molar-refractivity contribution in [3.05, 3.63) is 96.1 Å². The Bertz CT molecular complexity index is 1450. The molecule has 2 amide bonds. The van der Waals surface area contributed by atoms with E-state index in [1.54, 1.807) is 4.90 Å². The first-order valence-corrected chi connectivity index (χ1v) is 16.8. The maximum atomic E-state index is 13.8. The highest BCUT2D eigenvalue weighted by Gasteiger charge is 2.31. The lowest BCUT2D eigenvalue weighted by atomic mass is 10.0. The number of ether oxygens (including phenoxy) is 3. The molecule has 0 bridgehead atoms. The lowest BCUT2D eigenvalue weighted by Crippen LogP contribution is -2.52. The third-order valence-electron chi connectivity index (χ3n) is 7.33. The quantitative estimate of drug-likeness (QED) is 0.239. The Labute approximate surface area is 266 Å². The van der Waals surface area contributed by atoms with Gasteiger partial charge < -0.3 is 24.4 Å². The molecule has 1 heterocycles. The van der Waals surface area contributed by atoms with Gasteiger partial charge in [-0.05, 0) is 55.7 Å². The van der Waals surface area contributed by atoms with E-state index in [1.165, 1.54) is 28.6 Å². The van der Waals surface area contributed by atoms with Crippen LogP contribution in [0, 0.1) is 0 Å². The van der Waals surface area contributed by atoms with Crippen molar-refractivity contribution in [2.75, 3.05) is 46.1 Å². The van der Waals surface area contributed by atoms with Gasteiger partial charge in [-0.25, -0.2) is 8.42 Å². The predicted octanol–water partition coefficient (Wildman–Crippen LogP) is 3.66. The predicted molar refractivity (Wildman–Crippen MR) is 171 cm³/mol. The Morgan fingerprint density at radius 1 is 0.911 bits per heavy atom. The zero-order valence-corrected chi connectivity index (χ0v) is 26.8. The molecule has 11 heteroatoms. The molecule has 1 saturated heterocycles. The van der Waals surface area contributed by atoms with Gasteiger partial charge in [-0.2, -0.15) is 4.31 Å². The first kappa shape index (κ1) is 34.1. The Balaban J connectivity index is 1.49. The van der Waals surface area contributed by atoms with Crippen molar-refractivity contribution in [3.63, 3.8) is 0 Å². The van der Waals surface area contributed by atoms with E-state index in [0.717, 1.165) is 11.1 Å². The molecule has 0 aliphatic carbocycles. The van der Waals surface area contributed by atoms with Gasteiger partial charge in [-0.15, -0.1) is 0 Å². The zero-order valence-electron chi connectivity index (χ0n) is 26.0. The van der Waals surface area contributed by atoms with Crippen LogP contribution in [-0.4, -0.2) is 87.6 Å². The topological polar surface area (TPSA) is 114 Å². The molecule has 4 rings (SSSR count). The highest BCUT2D eigenvalue weighted by Crippen LogP contribution is 2.21. The number of hydrogen-bond acceptors (Lipinski definition) is 7. The molecule has 0 radical (unpaired) electrons. The molecule has 1 aliphatic heterocycles. The van der Waals surface area contributed by atoms with E-state index >= 15 is 0 Å². The van der Waals surface area contributed by atoms with Gasteiger partial charge in [-0.3, -0.25) is 9.59 Å². The highest BCUT2D eigenvalue weighted by atomic mass is 32.2. The molecule has 0 aromatic heterocycles. The largest absolute Gasteiger partial charge is 0.484 e. The minimum absolute atomic E-state index is 0.107. The number of carbonyl (C=O) groups excluding carboxylic acids is 2. The maximum Gasteiger partial charge on any atom is 0.261 e. The lowest BCUT2D eigenvalue weighted by Gasteiger charge is -2.31. The van der Waals surface area contributed by atoms with Crippen molar-refractivity contribution < 1.29 is 32.2 Å². The fourth-order valence-electron chi connectivity index (χ4n) is 4.93. The van der Waals surface area contributed by atoms with E-state index in [9.17, 15) is 18.0 Å². The standard InChI is InChI=1S/C34H43N3O7S/c1-27(2)43-21-9-18-35-34(39)32(24-28-10-5-3-6-11-28)37(25-29-12-7-4-8-13-29)33(38)26-44-30-14-16-31(17-15-30)45(40,41)36-19-22-42-23-20-36/h3-8,10-17,27,32H,9,18-26H2,1-2H3,(H,35,39). The van der Waals surface area contributed by atoms with Gasteiger partial charge in [0.25, 0.3) is 5.91 Å². The molecule has 10 nitrogen and oxygen atoms in total. The number of nitrogens with zero attached hydrogens (tertiary/aromatic N) is 2. The van der Waals surface area contributed by atoms with Gasteiger partial charge in [0.05, 0.1) is 24.2 Å². The van der Waals surface area contributed by atoms with Gasteiger partial charge in [0, 0.05) is 39.2 Å². The fourth-order valence-corrected chi connectivity index (χ4v) is 6.33. The molecule has 3 aromatic carbocycles.